The first-order valence-corrected chi connectivity index (χ1v) is 7.39. The van der Waals surface area contributed by atoms with Crippen LogP contribution in [0.15, 0.2) is 18.2 Å². The van der Waals surface area contributed by atoms with Crippen LogP contribution >= 0.6 is 11.6 Å². The predicted molar refractivity (Wildman–Crippen MR) is 77.6 cm³/mol. The minimum atomic E-state index is 0.396. The molecule has 3 nitrogen and oxygen atoms in total. The normalized spacial score (nSPS) is 30.6. The molecule has 3 rings (SSSR count). The molecule has 2 aliphatic rings. The van der Waals surface area contributed by atoms with E-state index in [0.29, 0.717) is 23.1 Å². The topological polar surface area (TPSA) is 38.5 Å². The Bertz CT molecular complexity index is 451. The molecule has 2 saturated heterocycles. The third-order valence-electron chi connectivity index (χ3n) is 4.50. The highest BCUT2D eigenvalue weighted by molar-refractivity contribution is 6.32. The van der Waals surface area contributed by atoms with E-state index in [1.165, 1.54) is 18.4 Å². The van der Waals surface area contributed by atoms with Crippen molar-refractivity contribution < 1.29 is 4.74 Å². The van der Waals surface area contributed by atoms with Crippen LogP contribution in [0.5, 0.6) is 5.75 Å². The van der Waals surface area contributed by atoms with Crippen molar-refractivity contribution in [1.29, 1.82) is 0 Å². The Labute approximate surface area is 119 Å². The fourth-order valence-electron chi connectivity index (χ4n) is 3.59. The smallest absolute Gasteiger partial charge is 0.137 e. The molecule has 0 aromatic heterocycles. The largest absolute Gasteiger partial charge is 0.495 e. The van der Waals surface area contributed by atoms with Crippen molar-refractivity contribution in [2.24, 2.45) is 5.73 Å². The van der Waals surface area contributed by atoms with E-state index >= 15 is 0 Å². The average Bonchev–Trinajstić information content (AvgIpc) is 2.62. The van der Waals surface area contributed by atoms with E-state index in [2.05, 4.69) is 11.0 Å². The SMILES string of the molecule is COc1ccc(CN2C3CCC2CC(N)C3)cc1Cl. The lowest BCUT2D eigenvalue weighted by molar-refractivity contribution is 0.120. The molecule has 1 aromatic rings. The van der Waals surface area contributed by atoms with Gasteiger partial charge in [-0.3, -0.25) is 4.90 Å². The molecule has 2 bridgehead atoms. The third kappa shape index (κ3) is 2.60. The summed E-state index contributed by atoms with van der Waals surface area (Å²) in [5.74, 6) is 0.744. The van der Waals surface area contributed by atoms with E-state index < -0.39 is 0 Å². The number of rotatable bonds is 3. The number of fused-ring (bicyclic) bond motifs is 2. The van der Waals surface area contributed by atoms with Crippen LogP contribution in [-0.2, 0) is 6.54 Å². The Kier molecular flexibility index (Phi) is 3.70. The van der Waals surface area contributed by atoms with Crippen molar-refractivity contribution in [1.82, 2.24) is 4.90 Å². The standard InChI is InChI=1S/C15H21ClN2O/c1-19-15-5-2-10(6-14(15)16)9-18-12-3-4-13(18)8-11(17)7-12/h2,5-6,11-13H,3-4,7-9,17H2,1H3. The van der Waals surface area contributed by atoms with Crippen LogP contribution in [0.1, 0.15) is 31.2 Å². The van der Waals surface area contributed by atoms with Crippen molar-refractivity contribution in [3.05, 3.63) is 28.8 Å². The monoisotopic (exact) mass is 280 g/mol. The number of halogens is 1. The number of nitrogens with two attached hydrogens (primary N) is 1. The number of hydrogen-bond acceptors (Lipinski definition) is 3. The van der Waals surface area contributed by atoms with Gasteiger partial charge in [0, 0.05) is 24.7 Å². The molecule has 19 heavy (non-hydrogen) atoms. The van der Waals surface area contributed by atoms with E-state index in [1.807, 2.05) is 12.1 Å². The molecule has 2 aliphatic heterocycles. The fourth-order valence-corrected chi connectivity index (χ4v) is 3.87. The lowest BCUT2D eigenvalue weighted by Gasteiger charge is -2.37. The maximum Gasteiger partial charge on any atom is 0.137 e. The second-order valence-electron chi connectivity index (χ2n) is 5.76. The Morgan fingerprint density at radius 1 is 1.32 bits per heavy atom. The highest BCUT2D eigenvalue weighted by Gasteiger charge is 2.39. The van der Waals surface area contributed by atoms with Gasteiger partial charge in [0.05, 0.1) is 12.1 Å². The van der Waals surface area contributed by atoms with Crippen molar-refractivity contribution >= 4 is 11.6 Å². The molecule has 2 heterocycles. The van der Waals surface area contributed by atoms with E-state index in [-0.39, 0.29) is 0 Å². The lowest BCUT2D eigenvalue weighted by Crippen LogP contribution is -2.46. The van der Waals surface area contributed by atoms with Gasteiger partial charge < -0.3 is 10.5 Å². The molecular formula is C15H21ClN2O. The fraction of sp³-hybridized carbons (Fsp3) is 0.600. The molecule has 2 fully saturated rings. The van der Waals surface area contributed by atoms with Crippen LogP contribution in [-0.4, -0.2) is 30.1 Å². The summed E-state index contributed by atoms with van der Waals surface area (Å²) in [5.41, 5.74) is 7.37. The number of piperidine rings is 1. The molecule has 104 valence electrons. The summed E-state index contributed by atoms with van der Waals surface area (Å²) in [6.45, 7) is 0.978. The zero-order valence-corrected chi connectivity index (χ0v) is 12.1. The minimum Gasteiger partial charge on any atom is -0.495 e. The molecule has 2 unspecified atom stereocenters. The summed E-state index contributed by atoms with van der Waals surface area (Å²) in [4.78, 5) is 2.61. The zero-order chi connectivity index (χ0) is 13.4. The zero-order valence-electron chi connectivity index (χ0n) is 11.3. The quantitative estimate of drug-likeness (QED) is 0.925. The molecular weight excluding hydrogens is 260 g/mol. The number of hydrogen-bond donors (Lipinski definition) is 1. The third-order valence-corrected chi connectivity index (χ3v) is 4.80. The summed E-state index contributed by atoms with van der Waals surface area (Å²) in [7, 11) is 1.65. The van der Waals surface area contributed by atoms with Crippen LogP contribution in [0.25, 0.3) is 0 Å². The van der Waals surface area contributed by atoms with Gasteiger partial charge in [-0.15, -0.1) is 0 Å². The van der Waals surface area contributed by atoms with Gasteiger partial charge >= 0.3 is 0 Å². The van der Waals surface area contributed by atoms with Gasteiger partial charge in [0.25, 0.3) is 0 Å². The summed E-state index contributed by atoms with van der Waals surface area (Å²) < 4.78 is 5.20. The van der Waals surface area contributed by atoms with Crippen molar-refractivity contribution in [2.45, 2.75) is 50.4 Å². The van der Waals surface area contributed by atoms with Crippen molar-refractivity contribution in [2.75, 3.05) is 7.11 Å². The Hall–Kier alpha value is -0.770. The van der Waals surface area contributed by atoms with Gasteiger partial charge in [-0.25, -0.2) is 0 Å². The van der Waals surface area contributed by atoms with Crippen molar-refractivity contribution in [3.63, 3.8) is 0 Å². The highest BCUT2D eigenvalue weighted by atomic mass is 35.5. The number of nitrogens with zero attached hydrogens (tertiary/aromatic N) is 1. The summed E-state index contributed by atoms with van der Waals surface area (Å²) in [6, 6.07) is 7.81. The Morgan fingerprint density at radius 3 is 2.58 bits per heavy atom. The predicted octanol–water partition coefficient (Wildman–Crippen LogP) is 2.80. The van der Waals surface area contributed by atoms with Crippen LogP contribution in [0, 0.1) is 0 Å². The molecule has 0 spiro atoms. The summed E-state index contributed by atoms with van der Waals surface area (Å²) in [5, 5.41) is 0.695. The Morgan fingerprint density at radius 2 is 2.00 bits per heavy atom. The lowest BCUT2D eigenvalue weighted by atomic mass is 9.97. The van der Waals surface area contributed by atoms with Gasteiger partial charge in [-0.05, 0) is 43.4 Å². The Balaban J connectivity index is 1.73. The average molecular weight is 281 g/mol. The van der Waals surface area contributed by atoms with Gasteiger partial charge in [-0.1, -0.05) is 17.7 Å². The first-order valence-electron chi connectivity index (χ1n) is 7.01. The number of benzene rings is 1. The summed E-state index contributed by atoms with van der Waals surface area (Å²) >= 11 is 6.20. The molecule has 0 saturated carbocycles. The highest BCUT2D eigenvalue weighted by Crippen LogP contribution is 2.36. The molecule has 1 aromatic carbocycles. The van der Waals surface area contributed by atoms with Gasteiger partial charge in [0.15, 0.2) is 0 Å². The van der Waals surface area contributed by atoms with Crippen molar-refractivity contribution in [3.8, 4) is 5.75 Å². The van der Waals surface area contributed by atoms with Crippen LogP contribution in [0.4, 0.5) is 0 Å². The first kappa shape index (κ1) is 13.2. The van der Waals surface area contributed by atoms with Crippen LogP contribution in [0.2, 0.25) is 5.02 Å². The second kappa shape index (κ2) is 5.31. The van der Waals surface area contributed by atoms with Crippen LogP contribution < -0.4 is 10.5 Å². The maximum absolute atomic E-state index is 6.20. The molecule has 2 atom stereocenters. The first-order chi connectivity index (χ1) is 9.17. The molecule has 2 N–H and O–H groups in total. The van der Waals surface area contributed by atoms with Gasteiger partial charge in [0.2, 0.25) is 0 Å². The molecule has 0 aliphatic carbocycles. The van der Waals surface area contributed by atoms with Gasteiger partial charge in [-0.2, -0.15) is 0 Å². The molecule has 0 amide bonds. The van der Waals surface area contributed by atoms with E-state index in [1.54, 1.807) is 7.11 Å². The minimum absolute atomic E-state index is 0.396. The van der Waals surface area contributed by atoms with E-state index in [0.717, 1.165) is 25.1 Å². The van der Waals surface area contributed by atoms with E-state index in [9.17, 15) is 0 Å². The molecule has 0 radical (unpaired) electrons. The number of ether oxygens (including phenoxy) is 1. The van der Waals surface area contributed by atoms with Crippen LogP contribution in [0.3, 0.4) is 0 Å². The maximum atomic E-state index is 6.20. The number of methoxy groups -OCH3 is 1. The van der Waals surface area contributed by atoms with E-state index in [4.69, 9.17) is 22.1 Å². The van der Waals surface area contributed by atoms with Gasteiger partial charge in [0.1, 0.15) is 5.75 Å². The second-order valence-corrected chi connectivity index (χ2v) is 6.16. The molecule has 4 heteroatoms. The summed E-state index contributed by atoms with van der Waals surface area (Å²) in [6.07, 6.45) is 4.87.